The standard InChI is InChI=1S/C15H16N6O/c1-11(22)18-14-5-8-21(19-14)13-4-7-20(10-13)15-12(9-16)3-2-6-17-15/h2-3,5-6,8,13H,4,7,10H2,1H3,(H,18,19,22)/t13-/m1/s1. The zero-order valence-corrected chi connectivity index (χ0v) is 12.2. The summed E-state index contributed by atoms with van der Waals surface area (Å²) in [4.78, 5) is 17.5. The van der Waals surface area contributed by atoms with E-state index in [0.29, 0.717) is 11.4 Å². The lowest BCUT2D eigenvalue weighted by atomic mass is 10.2. The van der Waals surface area contributed by atoms with E-state index in [0.717, 1.165) is 25.3 Å². The number of hydrogen-bond acceptors (Lipinski definition) is 5. The zero-order valence-electron chi connectivity index (χ0n) is 12.2. The highest BCUT2D eigenvalue weighted by atomic mass is 16.1. The van der Waals surface area contributed by atoms with Crippen molar-refractivity contribution in [1.82, 2.24) is 14.8 Å². The van der Waals surface area contributed by atoms with Crippen LogP contribution in [0, 0.1) is 11.3 Å². The van der Waals surface area contributed by atoms with Crippen LogP contribution < -0.4 is 10.2 Å². The van der Waals surface area contributed by atoms with Crippen LogP contribution in [-0.4, -0.2) is 33.8 Å². The van der Waals surface area contributed by atoms with E-state index in [2.05, 4.69) is 26.4 Å². The molecular formula is C15H16N6O. The highest BCUT2D eigenvalue weighted by molar-refractivity contribution is 5.87. The summed E-state index contributed by atoms with van der Waals surface area (Å²) in [5.41, 5.74) is 0.586. The predicted molar refractivity (Wildman–Crippen MR) is 81.3 cm³/mol. The van der Waals surface area contributed by atoms with Crippen LogP contribution in [0.15, 0.2) is 30.6 Å². The van der Waals surface area contributed by atoms with Crippen molar-refractivity contribution >= 4 is 17.5 Å². The Bertz CT molecular complexity index is 732. The summed E-state index contributed by atoms with van der Waals surface area (Å²) in [6, 6.07) is 7.71. The molecule has 0 aliphatic carbocycles. The fourth-order valence-corrected chi connectivity index (χ4v) is 2.67. The fourth-order valence-electron chi connectivity index (χ4n) is 2.67. The number of rotatable bonds is 3. The Kier molecular flexibility index (Phi) is 3.74. The van der Waals surface area contributed by atoms with E-state index in [9.17, 15) is 10.1 Å². The van der Waals surface area contributed by atoms with Gasteiger partial charge >= 0.3 is 0 Å². The van der Waals surface area contributed by atoms with Gasteiger partial charge in [-0.1, -0.05) is 0 Å². The second-order valence-corrected chi connectivity index (χ2v) is 5.24. The third kappa shape index (κ3) is 2.76. The minimum absolute atomic E-state index is 0.134. The van der Waals surface area contributed by atoms with Gasteiger partial charge in [0.15, 0.2) is 5.82 Å². The minimum Gasteiger partial charge on any atom is -0.353 e. The third-order valence-corrected chi connectivity index (χ3v) is 3.66. The molecule has 0 radical (unpaired) electrons. The third-order valence-electron chi connectivity index (χ3n) is 3.66. The largest absolute Gasteiger partial charge is 0.353 e. The number of anilines is 2. The number of carbonyl (C=O) groups excluding carboxylic acids is 1. The Morgan fingerprint density at radius 1 is 1.50 bits per heavy atom. The maximum Gasteiger partial charge on any atom is 0.222 e. The summed E-state index contributed by atoms with van der Waals surface area (Å²) in [5, 5.41) is 16.2. The molecule has 7 nitrogen and oxygen atoms in total. The summed E-state index contributed by atoms with van der Waals surface area (Å²) < 4.78 is 1.86. The lowest BCUT2D eigenvalue weighted by Crippen LogP contribution is -2.23. The molecule has 0 unspecified atom stereocenters. The number of hydrogen-bond donors (Lipinski definition) is 1. The normalized spacial score (nSPS) is 17.3. The van der Waals surface area contributed by atoms with Crippen LogP contribution in [0.5, 0.6) is 0 Å². The SMILES string of the molecule is CC(=O)Nc1ccn([C@@H]2CCN(c3ncccc3C#N)C2)n1. The molecular weight excluding hydrogens is 280 g/mol. The number of pyridine rings is 1. The number of carbonyl (C=O) groups is 1. The molecule has 1 aliphatic rings. The molecule has 1 fully saturated rings. The molecule has 1 aliphatic heterocycles. The molecule has 7 heteroatoms. The van der Waals surface area contributed by atoms with Gasteiger partial charge in [-0.05, 0) is 18.6 Å². The van der Waals surface area contributed by atoms with Gasteiger partial charge in [0.1, 0.15) is 11.9 Å². The molecule has 3 heterocycles. The van der Waals surface area contributed by atoms with E-state index in [4.69, 9.17) is 0 Å². The van der Waals surface area contributed by atoms with Gasteiger partial charge < -0.3 is 10.2 Å². The second kappa shape index (κ2) is 5.85. The Balaban J connectivity index is 1.73. The van der Waals surface area contributed by atoms with Crippen LogP contribution in [0.1, 0.15) is 24.9 Å². The van der Waals surface area contributed by atoms with Crippen LogP contribution in [0.4, 0.5) is 11.6 Å². The molecule has 2 aromatic heterocycles. The fraction of sp³-hybridized carbons (Fsp3) is 0.333. The van der Waals surface area contributed by atoms with Gasteiger partial charge in [0, 0.05) is 38.5 Å². The molecule has 22 heavy (non-hydrogen) atoms. The van der Waals surface area contributed by atoms with Crippen molar-refractivity contribution in [3.8, 4) is 6.07 Å². The van der Waals surface area contributed by atoms with Gasteiger partial charge in [0.05, 0.1) is 11.6 Å². The molecule has 112 valence electrons. The molecule has 3 rings (SSSR count). The van der Waals surface area contributed by atoms with E-state index in [-0.39, 0.29) is 11.9 Å². The van der Waals surface area contributed by atoms with Crippen molar-refractivity contribution in [2.45, 2.75) is 19.4 Å². The highest BCUT2D eigenvalue weighted by Crippen LogP contribution is 2.27. The Labute approximate surface area is 128 Å². The van der Waals surface area contributed by atoms with Gasteiger partial charge in [0.2, 0.25) is 5.91 Å². The van der Waals surface area contributed by atoms with Gasteiger partial charge in [-0.2, -0.15) is 10.4 Å². The van der Waals surface area contributed by atoms with Crippen molar-refractivity contribution in [2.24, 2.45) is 0 Å². The predicted octanol–water partition coefficient (Wildman–Crippen LogP) is 1.56. The number of nitriles is 1. The van der Waals surface area contributed by atoms with E-state index in [1.807, 2.05) is 10.9 Å². The smallest absolute Gasteiger partial charge is 0.222 e. The van der Waals surface area contributed by atoms with Crippen LogP contribution in [0.25, 0.3) is 0 Å². The van der Waals surface area contributed by atoms with Crippen molar-refractivity contribution in [3.63, 3.8) is 0 Å². The summed E-state index contributed by atoms with van der Waals surface area (Å²) in [6.45, 7) is 3.03. The van der Waals surface area contributed by atoms with Crippen LogP contribution in [-0.2, 0) is 4.79 Å². The molecule has 1 atom stereocenters. The zero-order chi connectivity index (χ0) is 15.5. The first-order valence-corrected chi connectivity index (χ1v) is 7.10. The van der Waals surface area contributed by atoms with Crippen molar-refractivity contribution in [3.05, 3.63) is 36.2 Å². The van der Waals surface area contributed by atoms with Crippen molar-refractivity contribution in [2.75, 3.05) is 23.3 Å². The first-order valence-electron chi connectivity index (χ1n) is 7.10. The van der Waals surface area contributed by atoms with Crippen LogP contribution >= 0.6 is 0 Å². The first-order chi connectivity index (χ1) is 10.7. The number of nitrogens with one attached hydrogen (secondary N) is 1. The molecule has 0 bridgehead atoms. The lowest BCUT2D eigenvalue weighted by molar-refractivity contribution is -0.114. The molecule has 1 N–H and O–H groups in total. The van der Waals surface area contributed by atoms with E-state index in [1.54, 1.807) is 24.4 Å². The molecule has 1 saturated heterocycles. The summed E-state index contributed by atoms with van der Waals surface area (Å²) in [7, 11) is 0. The van der Waals surface area contributed by atoms with Crippen LogP contribution in [0.2, 0.25) is 0 Å². The monoisotopic (exact) mass is 296 g/mol. The summed E-state index contributed by atoms with van der Waals surface area (Å²) >= 11 is 0. The molecule has 0 aromatic carbocycles. The number of aromatic nitrogens is 3. The first kappa shape index (κ1) is 14.1. The van der Waals surface area contributed by atoms with Crippen molar-refractivity contribution in [1.29, 1.82) is 5.26 Å². The molecule has 1 amide bonds. The molecule has 2 aromatic rings. The second-order valence-electron chi connectivity index (χ2n) is 5.24. The maximum absolute atomic E-state index is 11.0. The topological polar surface area (TPSA) is 86.8 Å². The van der Waals surface area contributed by atoms with Crippen LogP contribution in [0.3, 0.4) is 0 Å². The Morgan fingerprint density at radius 2 is 2.36 bits per heavy atom. The number of amides is 1. The Morgan fingerprint density at radius 3 is 3.14 bits per heavy atom. The van der Waals surface area contributed by atoms with Gasteiger partial charge in [0.25, 0.3) is 0 Å². The van der Waals surface area contributed by atoms with Gasteiger partial charge in [-0.25, -0.2) is 4.98 Å². The van der Waals surface area contributed by atoms with Gasteiger partial charge in [-0.15, -0.1) is 0 Å². The summed E-state index contributed by atoms with van der Waals surface area (Å²) in [5.74, 6) is 1.15. The van der Waals surface area contributed by atoms with Crippen molar-refractivity contribution < 1.29 is 4.79 Å². The average molecular weight is 296 g/mol. The Hall–Kier alpha value is -2.88. The van der Waals surface area contributed by atoms with E-state index >= 15 is 0 Å². The maximum atomic E-state index is 11.0. The average Bonchev–Trinajstić information content (AvgIpc) is 3.15. The quantitative estimate of drug-likeness (QED) is 0.928. The highest BCUT2D eigenvalue weighted by Gasteiger charge is 2.26. The lowest BCUT2D eigenvalue weighted by Gasteiger charge is -2.18. The minimum atomic E-state index is -0.134. The number of nitrogens with zero attached hydrogens (tertiary/aromatic N) is 5. The van der Waals surface area contributed by atoms with Gasteiger partial charge in [-0.3, -0.25) is 9.48 Å². The molecule has 0 saturated carbocycles. The van der Waals surface area contributed by atoms with E-state index in [1.165, 1.54) is 6.92 Å². The van der Waals surface area contributed by atoms with E-state index < -0.39 is 0 Å². The molecule has 0 spiro atoms. The summed E-state index contributed by atoms with van der Waals surface area (Å²) in [6.07, 6.45) is 4.48.